The summed E-state index contributed by atoms with van der Waals surface area (Å²) in [5, 5.41) is 9.57. The van der Waals surface area contributed by atoms with Gasteiger partial charge in [-0.2, -0.15) is 0 Å². The van der Waals surface area contributed by atoms with Crippen LogP contribution in [0.15, 0.2) is 48.5 Å². The van der Waals surface area contributed by atoms with E-state index in [1.54, 1.807) is 31.4 Å². The SMILES string of the molecule is COCCOc1ccc(C(=O)N2Cc3ccccc3C[C@H]2C(=O)O)cc1. The van der Waals surface area contributed by atoms with Gasteiger partial charge in [0.25, 0.3) is 5.91 Å². The van der Waals surface area contributed by atoms with Crippen LogP contribution < -0.4 is 4.74 Å². The maximum absolute atomic E-state index is 12.9. The van der Waals surface area contributed by atoms with Crippen molar-refractivity contribution >= 4 is 11.9 Å². The average molecular weight is 355 g/mol. The summed E-state index contributed by atoms with van der Waals surface area (Å²) in [4.78, 5) is 26.0. The van der Waals surface area contributed by atoms with Crippen molar-refractivity contribution in [3.8, 4) is 5.75 Å². The molecule has 0 bridgehead atoms. The van der Waals surface area contributed by atoms with Crippen LogP contribution in [-0.4, -0.2) is 48.2 Å². The lowest BCUT2D eigenvalue weighted by Crippen LogP contribution is -2.48. The van der Waals surface area contributed by atoms with Crippen molar-refractivity contribution in [2.45, 2.75) is 19.0 Å². The van der Waals surface area contributed by atoms with Crippen LogP contribution >= 0.6 is 0 Å². The highest BCUT2D eigenvalue weighted by atomic mass is 16.5. The highest BCUT2D eigenvalue weighted by molar-refractivity contribution is 5.97. The van der Waals surface area contributed by atoms with Crippen molar-refractivity contribution in [1.82, 2.24) is 4.90 Å². The summed E-state index contributed by atoms with van der Waals surface area (Å²) in [6, 6.07) is 13.5. The molecule has 0 aromatic heterocycles. The van der Waals surface area contributed by atoms with Gasteiger partial charge in [-0.1, -0.05) is 24.3 Å². The zero-order chi connectivity index (χ0) is 18.5. The second kappa shape index (κ2) is 8.01. The second-order valence-electron chi connectivity index (χ2n) is 6.13. The quantitative estimate of drug-likeness (QED) is 0.805. The molecule has 1 N–H and O–H groups in total. The first kappa shape index (κ1) is 17.9. The molecule has 1 amide bonds. The maximum atomic E-state index is 12.9. The highest BCUT2D eigenvalue weighted by Gasteiger charge is 2.34. The van der Waals surface area contributed by atoms with Crippen LogP contribution in [-0.2, 0) is 22.5 Å². The molecule has 0 saturated carbocycles. The van der Waals surface area contributed by atoms with E-state index in [1.807, 2.05) is 24.3 Å². The van der Waals surface area contributed by atoms with Crippen LogP contribution in [0.4, 0.5) is 0 Å². The zero-order valence-corrected chi connectivity index (χ0v) is 14.6. The highest BCUT2D eigenvalue weighted by Crippen LogP contribution is 2.25. The van der Waals surface area contributed by atoms with E-state index in [0.717, 1.165) is 11.1 Å². The number of amides is 1. The molecule has 26 heavy (non-hydrogen) atoms. The summed E-state index contributed by atoms with van der Waals surface area (Å²) >= 11 is 0. The summed E-state index contributed by atoms with van der Waals surface area (Å²) < 4.78 is 10.4. The van der Waals surface area contributed by atoms with Crippen LogP contribution in [0, 0.1) is 0 Å². The molecule has 2 aromatic rings. The summed E-state index contributed by atoms with van der Waals surface area (Å²) in [5.74, 6) is -0.653. The van der Waals surface area contributed by atoms with Gasteiger partial charge in [0.15, 0.2) is 0 Å². The van der Waals surface area contributed by atoms with Gasteiger partial charge in [-0.3, -0.25) is 4.79 Å². The fourth-order valence-corrected chi connectivity index (χ4v) is 3.06. The first-order chi connectivity index (χ1) is 12.6. The Hall–Kier alpha value is -2.86. The van der Waals surface area contributed by atoms with Gasteiger partial charge in [-0.05, 0) is 35.4 Å². The number of benzene rings is 2. The maximum Gasteiger partial charge on any atom is 0.326 e. The fraction of sp³-hybridized carbons (Fsp3) is 0.300. The normalized spacial score (nSPS) is 16.0. The van der Waals surface area contributed by atoms with E-state index in [2.05, 4.69) is 0 Å². The summed E-state index contributed by atoms with van der Waals surface area (Å²) in [7, 11) is 1.60. The first-order valence-corrected chi connectivity index (χ1v) is 8.42. The third-order valence-corrected chi connectivity index (χ3v) is 4.45. The predicted molar refractivity (Wildman–Crippen MR) is 95.3 cm³/mol. The Morgan fingerprint density at radius 2 is 1.77 bits per heavy atom. The molecule has 0 spiro atoms. The molecule has 1 heterocycles. The molecule has 0 saturated heterocycles. The minimum atomic E-state index is -0.993. The van der Waals surface area contributed by atoms with Gasteiger partial charge in [-0.15, -0.1) is 0 Å². The van der Waals surface area contributed by atoms with Crippen LogP contribution in [0.2, 0.25) is 0 Å². The predicted octanol–water partition coefficient (Wildman–Crippen LogP) is 2.36. The molecule has 0 fully saturated rings. The smallest absolute Gasteiger partial charge is 0.326 e. The van der Waals surface area contributed by atoms with Crippen LogP contribution in [0.3, 0.4) is 0 Å². The third-order valence-electron chi connectivity index (χ3n) is 4.45. The molecule has 1 atom stereocenters. The topological polar surface area (TPSA) is 76.1 Å². The molecule has 0 aliphatic carbocycles. The van der Waals surface area contributed by atoms with Crippen molar-refractivity contribution in [2.75, 3.05) is 20.3 Å². The van der Waals surface area contributed by atoms with E-state index >= 15 is 0 Å². The Bertz CT molecular complexity index is 787. The Morgan fingerprint density at radius 3 is 2.42 bits per heavy atom. The number of carbonyl (C=O) groups is 2. The molecule has 6 heteroatoms. The molecule has 6 nitrogen and oxygen atoms in total. The molecular formula is C20H21NO5. The minimum Gasteiger partial charge on any atom is -0.491 e. The van der Waals surface area contributed by atoms with Gasteiger partial charge < -0.3 is 19.5 Å². The Kier molecular flexibility index (Phi) is 5.53. The minimum absolute atomic E-state index is 0.290. The molecule has 0 unspecified atom stereocenters. The van der Waals surface area contributed by atoms with Crippen molar-refractivity contribution in [3.63, 3.8) is 0 Å². The Labute approximate surface area is 152 Å². The number of rotatable bonds is 6. The van der Waals surface area contributed by atoms with Gasteiger partial charge in [0.05, 0.1) is 6.61 Å². The molecule has 3 rings (SSSR count). The summed E-state index contributed by atoms with van der Waals surface area (Å²) in [6.07, 6.45) is 0.315. The summed E-state index contributed by atoms with van der Waals surface area (Å²) in [5.41, 5.74) is 2.40. The van der Waals surface area contributed by atoms with Crippen LogP contribution in [0.25, 0.3) is 0 Å². The van der Waals surface area contributed by atoms with Crippen molar-refractivity contribution in [1.29, 1.82) is 0 Å². The lowest BCUT2D eigenvalue weighted by Gasteiger charge is -2.34. The molecular weight excluding hydrogens is 334 g/mol. The number of carboxylic acids is 1. The molecule has 1 aliphatic rings. The standard InChI is InChI=1S/C20H21NO5/c1-25-10-11-26-17-8-6-14(7-9-17)19(22)21-13-16-5-3-2-4-15(16)12-18(21)20(23)24/h2-9,18H,10-13H2,1H3,(H,23,24)/t18-/m0/s1. The van der Waals surface area contributed by atoms with Gasteiger partial charge >= 0.3 is 5.97 Å². The van der Waals surface area contributed by atoms with Gasteiger partial charge in [0.2, 0.25) is 0 Å². The molecule has 0 radical (unpaired) electrons. The fourth-order valence-electron chi connectivity index (χ4n) is 3.06. The van der Waals surface area contributed by atoms with E-state index < -0.39 is 12.0 Å². The number of ether oxygens (including phenoxy) is 2. The number of hydrogen-bond donors (Lipinski definition) is 1. The largest absolute Gasteiger partial charge is 0.491 e. The second-order valence-corrected chi connectivity index (χ2v) is 6.13. The lowest BCUT2D eigenvalue weighted by molar-refractivity contribution is -0.142. The average Bonchev–Trinajstić information content (AvgIpc) is 2.67. The van der Waals surface area contributed by atoms with Gasteiger partial charge in [0.1, 0.15) is 18.4 Å². The Balaban J connectivity index is 1.78. The Morgan fingerprint density at radius 1 is 1.08 bits per heavy atom. The number of fused-ring (bicyclic) bond motifs is 1. The molecule has 2 aromatic carbocycles. The molecule has 136 valence electrons. The first-order valence-electron chi connectivity index (χ1n) is 8.42. The lowest BCUT2D eigenvalue weighted by atomic mass is 9.93. The van der Waals surface area contributed by atoms with Crippen molar-refractivity contribution < 1.29 is 24.2 Å². The van der Waals surface area contributed by atoms with Gasteiger partial charge in [0, 0.05) is 25.6 Å². The van der Waals surface area contributed by atoms with Gasteiger partial charge in [-0.25, -0.2) is 4.79 Å². The number of nitrogens with zero attached hydrogens (tertiary/aromatic N) is 1. The zero-order valence-electron chi connectivity index (χ0n) is 14.6. The summed E-state index contributed by atoms with van der Waals surface area (Å²) in [6.45, 7) is 1.19. The van der Waals surface area contributed by atoms with E-state index in [9.17, 15) is 14.7 Å². The molecule has 1 aliphatic heterocycles. The van der Waals surface area contributed by atoms with Crippen LogP contribution in [0.5, 0.6) is 5.75 Å². The monoisotopic (exact) mass is 355 g/mol. The van der Waals surface area contributed by atoms with Crippen LogP contribution in [0.1, 0.15) is 21.5 Å². The number of carboxylic acid groups (broad SMARTS) is 1. The number of aliphatic carboxylic acids is 1. The number of carbonyl (C=O) groups excluding carboxylic acids is 1. The third kappa shape index (κ3) is 3.86. The van der Waals surface area contributed by atoms with E-state index in [4.69, 9.17) is 9.47 Å². The van der Waals surface area contributed by atoms with E-state index in [0.29, 0.717) is 30.9 Å². The number of methoxy groups -OCH3 is 1. The van der Waals surface area contributed by atoms with E-state index in [-0.39, 0.29) is 12.5 Å². The van der Waals surface area contributed by atoms with E-state index in [1.165, 1.54) is 4.90 Å². The van der Waals surface area contributed by atoms with Crippen molar-refractivity contribution in [2.24, 2.45) is 0 Å². The van der Waals surface area contributed by atoms with Crippen molar-refractivity contribution in [3.05, 3.63) is 65.2 Å². The number of hydrogen-bond acceptors (Lipinski definition) is 4.